The average Bonchev–Trinajstić information content (AvgIpc) is 3.11. The Morgan fingerprint density at radius 1 is 1.18 bits per heavy atom. The van der Waals surface area contributed by atoms with Crippen LogP contribution in [-0.4, -0.2) is 25.3 Å². The number of imidazole rings is 1. The number of hydrogen-bond donors (Lipinski definition) is 1. The normalized spacial score (nSPS) is 13.1. The van der Waals surface area contributed by atoms with Gasteiger partial charge in [0, 0.05) is 5.56 Å². The summed E-state index contributed by atoms with van der Waals surface area (Å²) in [6.07, 6.45) is 3.08. The molecular formula is C18H11ClF3N5O. The average molecular weight is 406 g/mol. The van der Waals surface area contributed by atoms with Gasteiger partial charge in [-0.2, -0.15) is 13.2 Å². The van der Waals surface area contributed by atoms with Crippen LogP contribution in [0.2, 0.25) is 5.02 Å². The number of fused-ring (bicyclic) bond motifs is 1. The summed E-state index contributed by atoms with van der Waals surface area (Å²) >= 11 is 5.82. The summed E-state index contributed by atoms with van der Waals surface area (Å²) < 4.78 is 40.7. The molecule has 6 nitrogen and oxygen atoms in total. The quantitative estimate of drug-likeness (QED) is 0.673. The summed E-state index contributed by atoms with van der Waals surface area (Å²) in [7, 11) is 0. The fraction of sp³-hybridized carbons (Fsp3) is 0.111. The molecule has 0 spiro atoms. The van der Waals surface area contributed by atoms with Gasteiger partial charge in [0.05, 0.1) is 40.9 Å². The molecule has 0 fully saturated rings. The number of aromatic nitrogens is 4. The summed E-state index contributed by atoms with van der Waals surface area (Å²) in [5.41, 5.74) is 0.187. The lowest BCUT2D eigenvalue weighted by atomic mass is 10.0. The first-order chi connectivity index (χ1) is 13.4. The van der Waals surface area contributed by atoms with Crippen molar-refractivity contribution in [3.63, 3.8) is 0 Å². The highest BCUT2D eigenvalue weighted by molar-refractivity contribution is 6.35. The van der Waals surface area contributed by atoms with Crippen molar-refractivity contribution >= 4 is 23.5 Å². The second kappa shape index (κ2) is 6.75. The van der Waals surface area contributed by atoms with E-state index >= 15 is 0 Å². The molecule has 0 saturated carbocycles. The Labute approximate surface area is 161 Å². The molecule has 0 radical (unpaired) electrons. The van der Waals surface area contributed by atoms with Crippen LogP contribution >= 0.6 is 11.6 Å². The number of halogens is 4. The Hall–Kier alpha value is -3.20. The molecule has 3 aromatic rings. The van der Waals surface area contributed by atoms with E-state index in [9.17, 15) is 18.0 Å². The van der Waals surface area contributed by atoms with Crippen LogP contribution in [-0.2, 0) is 12.7 Å². The molecule has 1 aromatic carbocycles. The molecule has 28 heavy (non-hydrogen) atoms. The van der Waals surface area contributed by atoms with Crippen LogP contribution in [0.15, 0.2) is 43.1 Å². The predicted octanol–water partition coefficient (Wildman–Crippen LogP) is 3.64. The van der Waals surface area contributed by atoms with E-state index < -0.39 is 22.5 Å². The summed E-state index contributed by atoms with van der Waals surface area (Å²) in [6, 6.07) is 3.17. The van der Waals surface area contributed by atoms with Gasteiger partial charge in [0.15, 0.2) is 5.82 Å². The molecule has 1 aliphatic heterocycles. The topological polar surface area (TPSA) is 72.7 Å². The Balaban J connectivity index is 1.66. The molecule has 0 atom stereocenters. The number of ketones is 1. The third kappa shape index (κ3) is 3.13. The van der Waals surface area contributed by atoms with E-state index in [1.54, 1.807) is 17.1 Å². The van der Waals surface area contributed by atoms with Crippen LogP contribution in [0.5, 0.6) is 0 Å². The third-order valence-corrected chi connectivity index (χ3v) is 4.59. The van der Waals surface area contributed by atoms with Crippen molar-refractivity contribution in [3.05, 3.63) is 76.4 Å². The highest BCUT2D eigenvalue weighted by Crippen LogP contribution is 2.36. The first-order valence-corrected chi connectivity index (χ1v) is 8.43. The van der Waals surface area contributed by atoms with Crippen LogP contribution in [0.1, 0.15) is 33.0 Å². The van der Waals surface area contributed by atoms with E-state index in [4.69, 9.17) is 11.6 Å². The number of hydrogen-bond acceptors (Lipinski definition) is 5. The number of carbonyl (C=O) groups excluding carboxylic acids is 1. The van der Waals surface area contributed by atoms with E-state index in [-0.39, 0.29) is 11.3 Å². The van der Waals surface area contributed by atoms with Gasteiger partial charge in [-0.15, -0.1) is 0 Å². The van der Waals surface area contributed by atoms with Crippen LogP contribution < -0.4 is 5.32 Å². The fourth-order valence-electron chi connectivity index (χ4n) is 2.81. The van der Waals surface area contributed by atoms with Gasteiger partial charge in [0.25, 0.3) is 0 Å². The first kappa shape index (κ1) is 18.2. The fourth-order valence-corrected chi connectivity index (χ4v) is 3.13. The predicted molar refractivity (Wildman–Crippen MR) is 94.9 cm³/mol. The maximum Gasteiger partial charge on any atom is 0.417 e. The minimum Gasteiger partial charge on any atom is -0.385 e. The molecule has 10 heteroatoms. The van der Waals surface area contributed by atoms with E-state index in [1.807, 2.05) is 6.08 Å². The van der Waals surface area contributed by atoms with Crippen LogP contribution in [0, 0.1) is 0 Å². The third-order valence-electron chi connectivity index (χ3n) is 4.18. The molecular weight excluding hydrogens is 395 g/mol. The summed E-state index contributed by atoms with van der Waals surface area (Å²) in [5, 5.41) is 2.38. The van der Waals surface area contributed by atoms with Crippen molar-refractivity contribution in [2.24, 2.45) is 0 Å². The number of benzene rings is 1. The van der Waals surface area contributed by atoms with Gasteiger partial charge in [-0.25, -0.2) is 15.0 Å². The van der Waals surface area contributed by atoms with Crippen molar-refractivity contribution in [1.82, 2.24) is 24.8 Å². The summed E-state index contributed by atoms with van der Waals surface area (Å²) in [6.45, 7) is 0.580. The lowest BCUT2D eigenvalue weighted by Crippen LogP contribution is -2.13. The zero-order valence-electron chi connectivity index (χ0n) is 14.0. The molecule has 4 rings (SSSR count). The molecule has 1 aliphatic rings. The van der Waals surface area contributed by atoms with Crippen LogP contribution in [0.4, 0.5) is 13.2 Å². The standard InChI is InChI=1S/C18H11ClF3N5O/c19-16-10(2-1-3-11(16)18(20,21)22)17(28)13-7-25-15(8-24-13)27-9-26-12-6-23-5-4-14(12)27/h1-5,7-9,23H,6H2. The van der Waals surface area contributed by atoms with E-state index in [1.165, 1.54) is 18.5 Å². The van der Waals surface area contributed by atoms with E-state index in [2.05, 4.69) is 20.3 Å². The SMILES string of the molecule is O=C(c1cnc(-n2cnc3c2C=CNC3)cn1)c1cccc(C(F)(F)F)c1Cl. The molecule has 3 heterocycles. The van der Waals surface area contributed by atoms with E-state index in [0.29, 0.717) is 12.4 Å². The van der Waals surface area contributed by atoms with Crippen LogP contribution in [0.3, 0.4) is 0 Å². The van der Waals surface area contributed by atoms with Crippen molar-refractivity contribution in [2.45, 2.75) is 12.7 Å². The molecule has 1 N–H and O–H groups in total. The van der Waals surface area contributed by atoms with Gasteiger partial charge in [-0.05, 0) is 24.4 Å². The lowest BCUT2D eigenvalue weighted by Gasteiger charge is -2.12. The molecule has 0 unspecified atom stereocenters. The Bertz CT molecular complexity index is 1090. The van der Waals surface area contributed by atoms with Gasteiger partial charge >= 0.3 is 6.18 Å². The number of alkyl halides is 3. The monoisotopic (exact) mass is 405 g/mol. The first-order valence-electron chi connectivity index (χ1n) is 8.05. The van der Waals surface area contributed by atoms with Gasteiger partial charge in [-0.3, -0.25) is 9.36 Å². The van der Waals surface area contributed by atoms with Gasteiger partial charge < -0.3 is 5.32 Å². The van der Waals surface area contributed by atoms with Crippen molar-refractivity contribution in [1.29, 1.82) is 0 Å². The second-order valence-corrected chi connectivity index (χ2v) is 6.29. The largest absolute Gasteiger partial charge is 0.417 e. The maximum atomic E-state index is 13.0. The van der Waals surface area contributed by atoms with Gasteiger partial charge in [-0.1, -0.05) is 17.7 Å². The minimum absolute atomic E-state index is 0.115. The zero-order chi connectivity index (χ0) is 19.9. The molecule has 0 amide bonds. The van der Waals surface area contributed by atoms with E-state index in [0.717, 1.165) is 23.5 Å². The highest BCUT2D eigenvalue weighted by atomic mass is 35.5. The maximum absolute atomic E-state index is 13.0. The molecule has 0 aliphatic carbocycles. The second-order valence-electron chi connectivity index (χ2n) is 5.91. The molecule has 0 saturated heterocycles. The highest BCUT2D eigenvalue weighted by Gasteiger charge is 2.35. The Morgan fingerprint density at radius 3 is 2.71 bits per heavy atom. The van der Waals surface area contributed by atoms with Gasteiger partial charge in [0.1, 0.15) is 12.0 Å². The number of rotatable bonds is 3. The number of carbonyl (C=O) groups is 1. The van der Waals surface area contributed by atoms with Crippen molar-refractivity contribution in [3.8, 4) is 5.82 Å². The molecule has 0 bridgehead atoms. The zero-order valence-corrected chi connectivity index (χ0v) is 14.8. The van der Waals surface area contributed by atoms with Gasteiger partial charge in [0.2, 0.25) is 5.78 Å². The number of nitrogens with one attached hydrogen (secondary N) is 1. The van der Waals surface area contributed by atoms with Crippen LogP contribution in [0.25, 0.3) is 11.9 Å². The number of nitrogens with zero attached hydrogens (tertiary/aromatic N) is 4. The Kier molecular flexibility index (Phi) is 4.38. The lowest BCUT2D eigenvalue weighted by molar-refractivity contribution is -0.137. The summed E-state index contributed by atoms with van der Waals surface area (Å²) in [4.78, 5) is 25.1. The molecule has 142 valence electrons. The summed E-state index contributed by atoms with van der Waals surface area (Å²) in [5.74, 6) is -0.320. The molecule has 2 aromatic heterocycles. The minimum atomic E-state index is -4.66. The van der Waals surface area contributed by atoms with Crippen molar-refractivity contribution in [2.75, 3.05) is 0 Å². The Morgan fingerprint density at radius 2 is 2.00 bits per heavy atom. The van der Waals surface area contributed by atoms with Crippen molar-refractivity contribution < 1.29 is 18.0 Å². The smallest absolute Gasteiger partial charge is 0.385 e.